The molecule has 6 aliphatic heterocycles. The van der Waals surface area contributed by atoms with E-state index in [0.29, 0.717) is 73.8 Å². The topological polar surface area (TPSA) is 408 Å². The third kappa shape index (κ3) is 22.8. The molecule has 7 heterocycles. The van der Waals surface area contributed by atoms with Gasteiger partial charge in [-0.25, -0.2) is 25.0 Å². The average Bonchev–Trinajstić information content (AvgIpc) is 1.57. The fourth-order valence-corrected chi connectivity index (χ4v) is 20.1. The van der Waals surface area contributed by atoms with E-state index >= 15 is 0 Å². The molecule has 0 aliphatic carbocycles. The van der Waals surface area contributed by atoms with Gasteiger partial charge >= 0.3 is 0 Å². The number of nitrogens with two attached hydrogens (primary N) is 5. The fraction of sp³-hybridized carbons (Fsp3) is 0.237. The molecule has 1 saturated heterocycles. The maximum Gasteiger partial charge on any atom is 0.266 e. The van der Waals surface area contributed by atoms with Crippen LogP contribution in [0.4, 0.5) is 5.69 Å². The predicted molar refractivity (Wildman–Crippen MR) is 581 cm³/mol. The first kappa shape index (κ1) is 105. The zero-order chi connectivity index (χ0) is 105. The van der Waals surface area contributed by atoms with Gasteiger partial charge in [-0.15, -0.1) is 11.3 Å². The minimum absolute atomic E-state index is 0.0226. The number of rotatable bonds is 28. The van der Waals surface area contributed by atoms with Crippen LogP contribution in [0.2, 0.25) is 0 Å². The molecule has 13 aromatic rings. The lowest BCUT2D eigenvalue weighted by molar-refractivity contribution is -0.133. The molecule has 4 unspecified atom stereocenters. The fourth-order valence-electron chi connectivity index (χ4n) is 19.0. The van der Waals surface area contributed by atoms with Crippen molar-refractivity contribution >= 4 is 93.8 Å². The number of piperidine rings is 1. The molecule has 0 bridgehead atoms. The summed E-state index contributed by atoms with van der Waals surface area (Å²) in [7, 11) is 10.4. The van der Waals surface area contributed by atoms with Crippen molar-refractivity contribution in [3.63, 3.8) is 0 Å². The number of hydrogen-bond donors (Lipinski definition) is 7. The summed E-state index contributed by atoms with van der Waals surface area (Å²) < 4.78 is 5.16. The number of benzene rings is 12. The maximum absolute atomic E-state index is 13.7. The van der Waals surface area contributed by atoms with Crippen molar-refractivity contribution in [2.75, 3.05) is 73.8 Å². The first-order valence-electron chi connectivity index (χ1n) is 49.0. The number of nitriles is 1. The molecule has 4 atom stereocenters. The van der Waals surface area contributed by atoms with Crippen LogP contribution in [0.1, 0.15) is 146 Å². The van der Waals surface area contributed by atoms with Crippen LogP contribution >= 0.6 is 11.3 Å². The minimum Gasteiger partial charge on any atom is -0.497 e. The first-order chi connectivity index (χ1) is 71.3. The van der Waals surface area contributed by atoms with Crippen molar-refractivity contribution in [1.82, 2.24) is 39.8 Å². The van der Waals surface area contributed by atoms with Gasteiger partial charge in [-0.2, -0.15) is 10.3 Å². The summed E-state index contributed by atoms with van der Waals surface area (Å²) in [5.74, 6) is 1.93. The third-order valence-corrected chi connectivity index (χ3v) is 28.8. The number of methoxy groups -OCH3 is 1. The van der Waals surface area contributed by atoms with E-state index in [1.807, 2.05) is 333 Å². The molecular formula is C118H122N20O9S. The second-order valence-corrected chi connectivity index (χ2v) is 38.1. The molecular weight excluding hydrogens is 1870 g/mol. The first-order valence-corrected chi connectivity index (χ1v) is 49.9. The molecule has 148 heavy (non-hydrogen) atoms. The highest BCUT2D eigenvalue weighted by Crippen LogP contribution is 2.46. The van der Waals surface area contributed by atoms with Crippen LogP contribution in [-0.4, -0.2) is 180 Å². The third-order valence-electron chi connectivity index (χ3n) is 27.7. The Morgan fingerprint density at radius 3 is 1.47 bits per heavy atom. The number of Topliss-reactive ketones (excluding diaryl/α,β-unsaturated/α-hetero) is 2. The number of nitrogens with one attached hydrogen (secondary N) is 2. The zero-order valence-corrected chi connectivity index (χ0v) is 85.2. The molecule has 29 nitrogen and oxygen atoms in total. The summed E-state index contributed by atoms with van der Waals surface area (Å²) >= 11 is 1.65. The lowest BCUT2D eigenvalue weighted by Crippen LogP contribution is -2.46. The van der Waals surface area contributed by atoms with Crippen molar-refractivity contribution in [1.29, 1.82) is 5.26 Å². The number of likely N-dealkylation sites (tertiary alicyclic amines) is 1. The van der Waals surface area contributed by atoms with E-state index < -0.39 is 27.8 Å². The van der Waals surface area contributed by atoms with E-state index in [4.69, 9.17) is 43.7 Å². The Kier molecular flexibility index (Phi) is 33.1. The lowest BCUT2D eigenvalue weighted by Gasteiger charge is -2.33. The maximum atomic E-state index is 13.7. The Labute approximate surface area is 866 Å². The number of guanidine groups is 5. The lowest BCUT2D eigenvalue weighted by atomic mass is 9.82. The van der Waals surface area contributed by atoms with E-state index in [1.54, 1.807) is 81.4 Å². The van der Waals surface area contributed by atoms with E-state index in [9.17, 15) is 38.4 Å². The standard InChI is InChI=1S/C29H31N3O3.C26H31N5O3.C24H21N3O2.C23H22N4O.C16H17N5S/c1-35-26-18-16-22(17-19-26)21-25(33)15-9-4-10-20-32-27(34)29(31-28(32)30,23-11-5-2-6-12-23)24-13-7-3-8-14-24;1-17(32)30-12-10-18(11-13-30)16-31-24(34)26(2,29-25(31)27)22-9-5-7-20(15-22)19-6-4-8-21(14-19)23(33)28-3;1-27-22(29)24(26-23(27)25,19-12-6-3-7-13-19)20-14-8-9-17(15-20)16-21(28)18-10-4-2-5-11-18;1-27-21(28)23(26-22(27)24,18-11-6-3-7-12-18)19-13-8-14-20(15-19)25-16-17-9-4-2-5-10-17;1-16(19-15(18)20(2)21(16)3)14-8-13(10-22-14)12-6-4-5-11(7-12)9-17/h2-3,5-8,11-14,16-19H,4,9-10,15,20-21H2,1H3,(H2,30,31);4-9,14-15,18H,10-13,16H2,1-3H3,(H2,27,29)(H,28,33);2-15H,16H2,1H3,(H2,25,26);2-15,25H,16H2,1H3,(H2,24,26);4-8,10H,1-3H3,(H2,18,19). The summed E-state index contributed by atoms with van der Waals surface area (Å²) in [6.07, 6.45) is 5.20. The van der Waals surface area contributed by atoms with Crippen LogP contribution in [0.5, 0.6) is 5.75 Å². The van der Waals surface area contributed by atoms with Gasteiger partial charge in [0.15, 0.2) is 57.4 Å². The molecule has 12 aromatic carbocycles. The number of anilines is 1. The van der Waals surface area contributed by atoms with Gasteiger partial charge in [-0.1, -0.05) is 279 Å². The number of ketones is 2. The van der Waals surface area contributed by atoms with Gasteiger partial charge in [0, 0.05) is 116 Å². The van der Waals surface area contributed by atoms with Crippen LogP contribution < -0.4 is 44.0 Å². The number of likely N-dealkylation sites (N-methyl/N-ethyl adjacent to an activating group) is 2. The highest BCUT2D eigenvalue weighted by atomic mass is 32.1. The van der Waals surface area contributed by atoms with Crippen LogP contribution in [0.15, 0.2) is 364 Å². The number of nitrogens with zero attached hydrogens (tertiary/aromatic N) is 13. The van der Waals surface area contributed by atoms with E-state index in [2.05, 4.69) is 60.3 Å². The molecule has 6 aliphatic rings. The summed E-state index contributed by atoms with van der Waals surface area (Å²) in [4.78, 5) is 134. The Bertz CT molecular complexity index is 7160. The second-order valence-electron chi connectivity index (χ2n) is 37.2. The van der Waals surface area contributed by atoms with Gasteiger partial charge in [-0.05, 0) is 189 Å². The number of carbonyl (C=O) groups excluding carboxylic acids is 8. The number of amides is 6. The number of thiophene rings is 1. The van der Waals surface area contributed by atoms with Gasteiger partial charge in [-0.3, -0.25) is 63.0 Å². The average molecular weight is 2000 g/mol. The van der Waals surface area contributed by atoms with Gasteiger partial charge in [0.05, 0.1) is 18.7 Å². The van der Waals surface area contributed by atoms with Gasteiger partial charge < -0.3 is 48.9 Å². The molecule has 12 N–H and O–H groups in total. The molecule has 1 fully saturated rings. The van der Waals surface area contributed by atoms with Crippen molar-refractivity contribution < 1.29 is 43.1 Å². The quantitative estimate of drug-likeness (QED) is 0.0177. The van der Waals surface area contributed by atoms with Crippen molar-refractivity contribution in [2.24, 2.45) is 59.5 Å². The summed E-state index contributed by atoms with van der Waals surface area (Å²) in [5, 5.41) is 21.0. The molecule has 19 rings (SSSR count). The van der Waals surface area contributed by atoms with Crippen molar-refractivity contribution in [2.45, 2.75) is 107 Å². The van der Waals surface area contributed by atoms with Gasteiger partial charge in [0.1, 0.15) is 11.5 Å². The Hall–Kier alpha value is -17.3. The van der Waals surface area contributed by atoms with Crippen LogP contribution in [0.25, 0.3) is 22.3 Å². The minimum atomic E-state index is -1.24. The number of hydrogen-bond acceptors (Lipinski definition) is 24. The summed E-state index contributed by atoms with van der Waals surface area (Å²) in [6.45, 7) is 8.50. The molecule has 30 heteroatoms. The SMILES string of the molecule is CN1C(=O)C(c2ccccc2)(c2cccc(CC(=O)c3ccccc3)c2)N=C1N.CN1C(=O)C(c2ccccc2)(c2cccc(NCc3ccccc3)c2)N=C1N.CN1C(N)=NC(C)(c2cc(-c3cccc(C#N)c3)cs2)N1C.CNC(=O)c1cccc(-c2cccc(C3(C)N=C(N)N(CC4CCN(C(C)=O)CC4)C3=O)c2)c1.COc1ccc(CC(=O)CCCCCN2C(=O)C(c3ccccc3)(c3ccccc3)N=C2N)cc1. The monoisotopic (exact) mass is 1990 g/mol. The van der Waals surface area contributed by atoms with Crippen LogP contribution in [0, 0.1) is 17.2 Å². The number of ether oxygens (including phenoxy) is 1. The van der Waals surface area contributed by atoms with Crippen molar-refractivity contribution in [3.8, 4) is 34.1 Å². The molecule has 6 amide bonds. The molecule has 1 aromatic heterocycles. The molecule has 0 radical (unpaired) electrons. The second kappa shape index (κ2) is 46.6. The molecule has 0 spiro atoms. The molecule has 754 valence electrons. The number of aliphatic imine (C=N–C) groups is 5. The van der Waals surface area contributed by atoms with Gasteiger partial charge in [0.25, 0.3) is 29.5 Å². The Balaban J connectivity index is 0.000000140. The van der Waals surface area contributed by atoms with Crippen molar-refractivity contribution in [3.05, 3.63) is 416 Å². The highest BCUT2D eigenvalue weighted by molar-refractivity contribution is 7.10. The van der Waals surface area contributed by atoms with Crippen LogP contribution in [-0.2, 0) is 76.0 Å². The number of hydrazine groups is 1. The zero-order valence-electron chi connectivity index (χ0n) is 84.4. The normalized spacial score (nSPS) is 18.7. The number of carbonyl (C=O) groups is 8. The van der Waals surface area contributed by atoms with E-state index in [0.717, 1.165) is 115 Å². The largest absolute Gasteiger partial charge is 0.497 e. The van der Waals surface area contributed by atoms with E-state index in [1.165, 1.54) is 15.4 Å². The summed E-state index contributed by atoms with van der Waals surface area (Å²) in [6, 6.07) is 107. The number of unbranched alkanes of at least 4 members (excludes halogenated alkanes) is 2. The summed E-state index contributed by atoms with van der Waals surface area (Å²) in [5.41, 5.74) is 40.4. The van der Waals surface area contributed by atoms with Crippen LogP contribution in [0.3, 0.4) is 0 Å². The van der Waals surface area contributed by atoms with E-state index in [-0.39, 0.29) is 83.2 Å². The molecule has 0 saturated carbocycles. The Morgan fingerprint density at radius 2 is 0.932 bits per heavy atom. The smallest absolute Gasteiger partial charge is 0.266 e. The Morgan fingerprint density at radius 1 is 0.453 bits per heavy atom. The van der Waals surface area contributed by atoms with Gasteiger partial charge in [0.2, 0.25) is 11.9 Å². The highest BCUT2D eigenvalue weighted by Gasteiger charge is 2.54. The predicted octanol–water partition coefficient (Wildman–Crippen LogP) is 15.8.